The van der Waals surface area contributed by atoms with Crippen molar-refractivity contribution >= 4 is 88.6 Å². The molecule has 0 saturated heterocycles. The number of carbonyl (C=O) groups excluding carboxylic acids is 2. The van der Waals surface area contributed by atoms with Gasteiger partial charge < -0.3 is 9.47 Å². The number of Topliss-reactive ketones (excluding diaryl/α,β-unsaturated/α-hetero) is 2. The Morgan fingerprint density at radius 3 is 2.23 bits per heavy atom. The molecule has 8 heteroatoms. The van der Waals surface area contributed by atoms with Crippen molar-refractivity contribution < 1.29 is 19.1 Å². The van der Waals surface area contributed by atoms with Crippen LogP contribution in [0, 0.1) is 5.41 Å². The van der Waals surface area contributed by atoms with E-state index in [1.54, 1.807) is 0 Å². The number of hydrogen-bond acceptors (Lipinski definition) is 4. The fourth-order valence-corrected chi connectivity index (χ4v) is 7.47. The highest BCUT2D eigenvalue weighted by molar-refractivity contribution is 14.1. The highest BCUT2D eigenvalue weighted by Gasteiger charge is 2.46. The van der Waals surface area contributed by atoms with Crippen molar-refractivity contribution in [2.24, 2.45) is 5.41 Å². The largest absolute Gasteiger partial charge is 0.493 e. The van der Waals surface area contributed by atoms with Crippen LogP contribution in [0.25, 0.3) is 0 Å². The van der Waals surface area contributed by atoms with Gasteiger partial charge in [-0.3, -0.25) is 9.59 Å². The first-order chi connectivity index (χ1) is 21.3. The minimum absolute atomic E-state index is 0.277. The SMILES string of the molecule is ICCOc1ccccc1CI.O=C1CCc2ccc(Br)cc21.O=C1c2cc(Br)ccc2CC12CCOc1ccccc1C2. The fourth-order valence-electron chi connectivity index (χ4n) is 5.90. The van der Waals surface area contributed by atoms with Crippen LogP contribution in [-0.4, -0.2) is 29.2 Å². The lowest BCUT2D eigenvalue weighted by atomic mass is 9.76. The standard InChI is InChI=1S/C18H15BrO2.C9H7BrO.C9H10I2O/c19-14-6-5-12-10-18(17(20)15(12)9-14)7-8-21-16-4-2-1-3-13(16)11-18;10-7-3-1-6-2-4-9(11)8(6)5-7;10-5-6-12-9-4-2-1-3-8(9)7-11/h1-6,9H,7-8,10-11H2;1,3,5H,2,4H2;1-4H,5-7H2. The summed E-state index contributed by atoms with van der Waals surface area (Å²) in [5.74, 6) is 2.52. The summed E-state index contributed by atoms with van der Waals surface area (Å²) in [7, 11) is 0. The molecule has 2 aliphatic carbocycles. The predicted molar refractivity (Wildman–Crippen MR) is 200 cm³/mol. The Balaban J connectivity index is 0.000000143. The molecule has 1 atom stereocenters. The van der Waals surface area contributed by atoms with Crippen LogP contribution in [0.4, 0.5) is 0 Å². The van der Waals surface area contributed by atoms with Gasteiger partial charge in [0.2, 0.25) is 0 Å². The van der Waals surface area contributed by atoms with E-state index in [2.05, 4.69) is 95.2 Å². The average Bonchev–Trinajstić information content (AvgIpc) is 3.45. The summed E-state index contributed by atoms with van der Waals surface area (Å²) in [4.78, 5) is 24.2. The lowest BCUT2D eigenvalue weighted by Crippen LogP contribution is -2.31. The number of ketones is 2. The molecule has 4 aromatic carbocycles. The van der Waals surface area contributed by atoms with Crippen LogP contribution < -0.4 is 9.47 Å². The Morgan fingerprint density at radius 1 is 0.773 bits per heavy atom. The molecular weight excluding hydrogens is 910 g/mol. The van der Waals surface area contributed by atoms with Gasteiger partial charge in [0.25, 0.3) is 0 Å². The van der Waals surface area contributed by atoms with E-state index in [9.17, 15) is 9.59 Å². The van der Waals surface area contributed by atoms with Crippen molar-refractivity contribution in [2.75, 3.05) is 17.6 Å². The van der Waals surface area contributed by atoms with E-state index in [0.29, 0.717) is 13.0 Å². The highest BCUT2D eigenvalue weighted by atomic mass is 127. The molecule has 0 radical (unpaired) electrons. The molecule has 0 saturated carbocycles. The van der Waals surface area contributed by atoms with Gasteiger partial charge in [0.1, 0.15) is 11.5 Å². The number of benzene rings is 4. The number of fused-ring (bicyclic) bond motifs is 3. The van der Waals surface area contributed by atoms with E-state index in [-0.39, 0.29) is 17.0 Å². The molecule has 0 fully saturated rings. The zero-order valence-electron chi connectivity index (χ0n) is 24.1. The summed E-state index contributed by atoms with van der Waals surface area (Å²) in [5.41, 5.74) is 6.25. The molecule has 1 heterocycles. The summed E-state index contributed by atoms with van der Waals surface area (Å²) in [6.07, 6.45) is 3.99. The van der Waals surface area contributed by atoms with Gasteiger partial charge in [-0.2, -0.15) is 0 Å². The first-order valence-electron chi connectivity index (χ1n) is 14.5. The summed E-state index contributed by atoms with van der Waals surface area (Å²) in [6.45, 7) is 1.41. The third-order valence-electron chi connectivity index (χ3n) is 8.11. The van der Waals surface area contributed by atoms with Crippen molar-refractivity contribution in [2.45, 2.75) is 36.5 Å². The van der Waals surface area contributed by atoms with Crippen LogP contribution >= 0.6 is 77.0 Å². The Morgan fingerprint density at radius 2 is 1.45 bits per heavy atom. The number of halogens is 4. The van der Waals surface area contributed by atoms with Crippen LogP contribution in [0.15, 0.2) is 93.9 Å². The minimum atomic E-state index is -0.324. The van der Waals surface area contributed by atoms with Gasteiger partial charge in [-0.1, -0.05) is 126 Å². The molecule has 4 nitrogen and oxygen atoms in total. The first kappa shape index (κ1) is 33.6. The van der Waals surface area contributed by atoms with E-state index < -0.39 is 0 Å². The number of para-hydroxylation sites is 2. The van der Waals surface area contributed by atoms with Crippen LogP contribution in [-0.2, 0) is 23.7 Å². The molecule has 3 aliphatic rings. The maximum Gasteiger partial charge on any atom is 0.170 e. The maximum absolute atomic E-state index is 13.0. The molecule has 1 unspecified atom stereocenters. The molecule has 0 bridgehead atoms. The maximum atomic E-state index is 13.0. The van der Waals surface area contributed by atoms with E-state index in [4.69, 9.17) is 9.47 Å². The topological polar surface area (TPSA) is 52.6 Å². The van der Waals surface area contributed by atoms with Crippen LogP contribution in [0.3, 0.4) is 0 Å². The number of carbonyl (C=O) groups is 2. The number of aryl methyl sites for hydroxylation is 1. The zero-order valence-corrected chi connectivity index (χ0v) is 31.6. The number of alkyl halides is 2. The van der Waals surface area contributed by atoms with Gasteiger partial charge in [-0.25, -0.2) is 0 Å². The average molecular weight is 942 g/mol. The quantitative estimate of drug-likeness (QED) is 0.151. The molecule has 0 N–H and O–H groups in total. The van der Waals surface area contributed by atoms with Crippen molar-refractivity contribution in [1.29, 1.82) is 0 Å². The van der Waals surface area contributed by atoms with Crippen molar-refractivity contribution in [3.05, 3.63) is 127 Å². The number of ether oxygens (including phenoxy) is 2. The van der Waals surface area contributed by atoms with Gasteiger partial charge in [-0.05, 0) is 78.8 Å². The van der Waals surface area contributed by atoms with E-state index in [0.717, 1.165) is 78.3 Å². The Hall–Kier alpha value is -1.76. The molecule has 228 valence electrons. The van der Waals surface area contributed by atoms with Crippen molar-refractivity contribution in [3.63, 3.8) is 0 Å². The Kier molecular flexibility index (Phi) is 12.0. The molecule has 7 rings (SSSR count). The third-order valence-corrected chi connectivity index (χ3v) is 10.4. The molecule has 1 aliphatic heterocycles. The van der Waals surface area contributed by atoms with E-state index >= 15 is 0 Å². The van der Waals surface area contributed by atoms with Crippen LogP contribution in [0.1, 0.15) is 55.8 Å². The summed E-state index contributed by atoms with van der Waals surface area (Å²) < 4.78 is 15.4. The van der Waals surface area contributed by atoms with Crippen molar-refractivity contribution in [1.82, 2.24) is 0 Å². The van der Waals surface area contributed by atoms with Gasteiger partial charge in [0.05, 0.1) is 13.2 Å². The molecule has 44 heavy (non-hydrogen) atoms. The van der Waals surface area contributed by atoms with Crippen LogP contribution in [0.5, 0.6) is 11.5 Å². The zero-order chi connectivity index (χ0) is 31.1. The van der Waals surface area contributed by atoms with Crippen molar-refractivity contribution in [3.8, 4) is 11.5 Å². The van der Waals surface area contributed by atoms with Gasteiger partial charge >= 0.3 is 0 Å². The second-order valence-electron chi connectivity index (χ2n) is 11.0. The monoisotopic (exact) mass is 940 g/mol. The number of rotatable bonds is 4. The fraction of sp³-hybridized carbons (Fsp3) is 0.278. The second-order valence-corrected chi connectivity index (χ2v) is 14.6. The highest BCUT2D eigenvalue weighted by Crippen LogP contribution is 2.45. The normalized spacial score (nSPS) is 17.6. The summed E-state index contributed by atoms with van der Waals surface area (Å²) in [5, 5.41) is 0. The lowest BCUT2D eigenvalue weighted by molar-refractivity contribution is 0.0789. The van der Waals surface area contributed by atoms with Gasteiger partial charge in [-0.15, -0.1) is 0 Å². The molecule has 0 aromatic heterocycles. The number of hydrogen-bond donors (Lipinski definition) is 0. The van der Waals surface area contributed by atoms with E-state index in [1.165, 1.54) is 16.7 Å². The summed E-state index contributed by atoms with van der Waals surface area (Å²) in [6, 6.07) is 28.2. The van der Waals surface area contributed by atoms with Gasteiger partial charge in [0.15, 0.2) is 11.6 Å². The smallest absolute Gasteiger partial charge is 0.170 e. The Bertz CT molecular complexity index is 1660. The minimum Gasteiger partial charge on any atom is -0.493 e. The van der Waals surface area contributed by atoms with E-state index in [1.807, 2.05) is 66.7 Å². The molecular formula is C36H32Br2I2O4. The second kappa shape index (κ2) is 15.7. The van der Waals surface area contributed by atoms with Gasteiger partial charge in [0, 0.05) is 46.3 Å². The van der Waals surface area contributed by atoms with Crippen LogP contribution in [0.2, 0.25) is 0 Å². The molecule has 0 amide bonds. The molecule has 4 aromatic rings. The lowest BCUT2D eigenvalue weighted by Gasteiger charge is -2.24. The molecule has 1 spiro atoms. The third kappa shape index (κ3) is 7.96. The summed E-state index contributed by atoms with van der Waals surface area (Å²) >= 11 is 11.5. The Labute approximate surface area is 303 Å². The predicted octanol–water partition coefficient (Wildman–Crippen LogP) is 10.2. The first-order valence-corrected chi connectivity index (χ1v) is 19.2.